The van der Waals surface area contributed by atoms with Crippen molar-refractivity contribution in [3.63, 3.8) is 0 Å². The first-order valence-corrected chi connectivity index (χ1v) is 9.46. The molecule has 28 heavy (non-hydrogen) atoms. The van der Waals surface area contributed by atoms with Crippen molar-refractivity contribution < 1.29 is 14.0 Å². The highest BCUT2D eigenvalue weighted by Crippen LogP contribution is 2.23. The maximum Gasteiger partial charge on any atom is 0.267 e. The minimum Gasteiger partial charge on any atom is -0.321 e. The molecule has 2 heterocycles. The van der Waals surface area contributed by atoms with E-state index in [0.29, 0.717) is 21.9 Å². The summed E-state index contributed by atoms with van der Waals surface area (Å²) in [5.41, 5.74) is 0.684. The Kier molecular flexibility index (Phi) is 5.55. The molecule has 0 aliphatic rings. The van der Waals surface area contributed by atoms with Crippen molar-refractivity contribution in [3.8, 4) is 0 Å². The molecule has 3 aromatic rings. The lowest BCUT2D eigenvalue weighted by molar-refractivity contribution is 0.101. The number of carbonyl (C=O) groups excluding carboxylic acids is 2. The molecule has 3 rings (SSSR count). The summed E-state index contributed by atoms with van der Waals surface area (Å²) in [4.78, 5) is 29.4. The van der Waals surface area contributed by atoms with Gasteiger partial charge in [-0.2, -0.15) is 5.10 Å². The smallest absolute Gasteiger partial charge is 0.267 e. The van der Waals surface area contributed by atoms with Crippen LogP contribution in [0.4, 0.5) is 15.9 Å². The Morgan fingerprint density at radius 1 is 1.18 bits per heavy atom. The van der Waals surface area contributed by atoms with Crippen LogP contribution < -0.4 is 10.6 Å². The summed E-state index contributed by atoms with van der Waals surface area (Å²) >= 11 is 1.25. The molecule has 0 unspecified atom stereocenters. The Morgan fingerprint density at radius 3 is 2.54 bits per heavy atom. The van der Waals surface area contributed by atoms with Crippen molar-refractivity contribution in [2.24, 2.45) is 0 Å². The van der Waals surface area contributed by atoms with Gasteiger partial charge in [0.25, 0.3) is 11.8 Å². The van der Waals surface area contributed by atoms with E-state index in [1.165, 1.54) is 29.7 Å². The summed E-state index contributed by atoms with van der Waals surface area (Å²) in [7, 11) is 0. The lowest BCUT2D eigenvalue weighted by Crippen LogP contribution is -2.17. The zero-order chi connectivity index (χ0) is 20.4. The molecule has 9 heteroatoms. The summed E-state index contributed by atoms with van der Waals surface area (Å²) in [5.74, 6) is -1.35. The third kappa shape index (κ3) is 4.25. The molecule has 1 aromatic carbocycles. The predicted octanol–water partition coefficient (Wildman–Crippen LogP) is 4.18. The van der Waals surface area contributed by atoms with Gasteiger partial charge >= 0.3 is 0 Å². The van der Waals surface area contributed by atoms with Crippen molar-refractivity contribution in [2.75, 3.05) is 10.6 Å². The Labute approximate surface area is 165 Å². The molecule has 0 fully saturated rings. The van der Waals surface area contributed by atoms with Gasteiger partial charge < -0.3 is 10.6 Å². The monoisotopic (exact) mass is 401 g/mol. The van der Waals surface area contributed by atoms with Crippen LogP contribution in [0.1, 0.15) is 50.5 Å². The average molecular weight is 401 g/mol. The average Bonchev–Trinajstić information content (AvgIpc) is 3.26. The van der Waals surface area contributed by atoms with Crippen LogP contribution in [-0.4, -0.2) is 26.6 Å². The van der Waals surface area contributed by atoms with Gasteiger partial charge in [0.1, 0.15) is 10.7 Å². The summed E-state index contributed by atoms with van der Waals surface area (Å²) in [6.45, 7) is 7.37. The van der Waals surface area contributed by atoms with E-state index in [1.54, 1.807) is 30.8 Å². The number of aromatic nitrogens is 3. The van der Waals surface area contributed by atoms with E-state index >= 15 is 0 Å². The molecule has 0 bridgehead atoms. The maximum atomic E-state index is 14.4. The zero-order valence-corrected chi connectivity index (χ0v) is 16.7. The van der Waals surface area contributed by atoms with Crippen LogP contribution in [0.3, 0.4) is 0 Å². The Morgan fingerprint density at radius 2 is 1.93 bits per heavy atom. The lowest BCUT2D eigenvalue weighted by atomic mass is 10.1. The van der Waals surface area contributed by atoms with E-state index in [2.05, 4.69) is 20.7 Å². The first-order chi connectivity index (χ1) is 13.2. The molecule has 0 radical (unpaired) electrons. The molecule has 0 saturated heterocycles. The molecular weight excluding hydrogens is 381 g/mol. The van der Waals surface area contributed by atoms with Crippen LogP contribution in [0.2, 0.25) is 0 Å². The Balaban J connectivity index is 1.81. The van der Waals surface area contributed by atoms with Crippen LogP contribution in [-0.2, 0) is 0 Å². The highest BCUT2D eigenvalue weighted by Gasteiger charge is 2.18. The van der Waals surface area contributed by atoms with Crippen LogP contribution in [0, 0.1) is 19.7 Å². The van der Waals surface area contributed by atoms with Crippen LogP contribution in [0.15, 0.2) is 30.6 Å². The lowest BCUT2D eigenvalue weighted by Gasteiger charge is -2.11. The number of halogens is 1. The second-order valence-corrected chi connectivity index (χ2v) is 7.81. The third-order valence-corrected chi connectivity index (χ3v) is 4.94. The number of benzene rings is 1. The fraction of sp³-hybridized carbons (Fsp3) is 0.263. The SMILES string of the molecule is Cc1ncc(C(=O)Nc2cc(C(=O)Nc3ccn(C(C)C)n3)c(F)cc2C)s1. The summed E-state index contributed by atoms with van der Waals surface area (Å²) in [5, 5.41) is 10.3. The zero-order valence-electron chi connectivity index (χ0n) is 15.9. The minimum absolute atomic E-state index is 0.138. The minimum atomic E-state index is -0.676. The topological polar surface area (TPSA) is 88.9 Å². The van der Waals surface area contributed by atoms with E-state index in [4.69, 9.17) is 0 Å². The molecule has 0 saturated carbocycles. The number of hydrogen-bond acceptors (Lipinski definition) is 5. The van der Waals surface area contributed by atoms with Gasteiger partial charge in [-0.05, 0) is 45.4 Å². The number of hydrogen-bond donors (Lipinski definition) is 2. The van der Waals surface area contributed by atoms with E-state index in [0.717, 1.165) is 5.01 Å². The van der Waals surface area contributed by atoms with E-state index in [9.17, 15) is 14.0 Å². The number of aryl methyl sites for hydroxylation is 2. The second-order valence-electron chi connectivity index (χ2n) is 6.57. The molecule has 0 spiro atoms. The number of anilines is 2. The predicted molar refractivity (Wildman–Crippen MR) is 107 cm³/mol. The van der Waals surface area contributed by atoms with Gasteiger partial charge in [0, 0.05) is 24.0 Å². The number of amides is 2. The fourth-order valence-corrected chi connectivity index (χ4v) is 3.18. The van der Waals surface area contributed by atoms with E-state index in [-0.39, 0.29) is 17.5 Å². The maximum absolute atomic E-state index is 14.4. The Hall–Kier alpha value is -3.07. The van der Waals surface area contributed by atoms with Crippen molar-refractivity contribution in [2.45, 2.75) is 33.7 Å². The summed E-state index contributed by atoms with van der Waals surface area (Å²) < 4.78 is 16.1. The first-order valence-electron chi connectivity index (χ1n) is 8.65. The standard InChI is InChI=1S/C19H20FN5O2S/c1-10(2)25-6-5-17(24-25)23-18(26)13-8-15(11(3)7-14(13)20)22-19(27)16-9-21-12(4)28-16/h5-10H,1-4H3,(H,22,27)(H,23,24,26). The largest absolute Gasteiger partial charge is 0.321 e. The summed E-state index contributed by atoms with van der Waals surface area (Å²) in [6, 6.07) is 4.32. The fourth-order valence-electron chi connectivity index (χ4n) is 2.51. The molecule has 0 aliphatic carbocycles. The van der Waals surface area contributed by atoms with Crippen LogP contribution in [0.25, 0.3) is 0 Å². The van der Waals surface area contributed by atoms with E-state index < -0.39 is 11.7 Å². The number of nitrogens with zero attached hydrogens (tertiary/aromatic N) is 3. The molecule has 0 aliphatic heterocycles. The number of nitrogens with one attached hydrogen (secondary N) is 2. The number of carbonyl (C=O) groups is 2. The van der Waals surface area contributed by atoms with Crippen LogP contribution >= 0.6 is 11.3 Å². The Bertz CT molecular complexity index is 1040. The normalized spacial score (nSPS) is 10.9. The van der Waals surface area contributed by atoms with Crippen molar-refractivity contribution >= 4 is 34.7 Å². The summed E-state index contributed by atoms with van der Waals surface area (Å²) in [6.07, 6.45) is 3.21. The quantitative estimate of drug-likeness (QED) is 0.671. The van der Waals surface area contributed by atoms with Gasteiger partial charge in [0.2, 0.25) is 0 Å². The molecular formula is C19H20FN5O2S. The third-order valence-electron chi connectivity index (χ3n) is 4.03. The van der Waals surface area contributed by atoms with Crippen molar-refractivity contribution in [1.29, 1.82) is 0 Å². The van der Waals surface area contributed by atoms with Gasteiger partial charge in [-0.3, -0.25) is 14.3 Å². The number of rotatable bonds is 5. The van der Waals surface area contributed by atoms with E-state index in [1.807, 2.05) is 13.8 Å². The van der Waals surface area contributed by atoms with Gasteiger partial charge in [0.15, 0.2) is 5.82 Å². The molecule has 2 aromatic heterocycles. The molecule has 2 N–H and O–H groups in total. The van der Waals surface area contributed by atoms with Gasteiger partial charge in [-0.15, -0.1) is 11.3 Å². The first kappa shape index (κ1) is 19.7. The molecule has 146 valence electrons. The van der Waals surface area contributed by atoms with Crippen LogP contribution in [0.5, 0.6) is 0 Å². The molecule has 7 nitrogen and oxygen atoms in total. The number of thiazole rings is 1. The highest BCUT2D eigenvalue weighted by molar-refractivity contribution is 7.13. The molecule has 2 amide bonds. The van der Waals surface area contributed by atoms with Gasteiger partial charge in [0.05, 0.1) is 16.8 Å². The second kappa shape index (κ2) is 7.89. The van der Waals surface area contributed by atoms with Crippen molar-refractivity contribution in [3.05, 3.63) is 57.4 Å². The highest BCUT2D eigenvalue weighted by atomic mass is 32.1. The van der Waals surface area contributed by atoms with Crippen molar-refractivity contribution in [1.82, 2.24) is 14.8 Å². The van der Waals surface area contributed by atoms with Gasteiger partial charge in [-0.25, -0.2) is 9.37 Å². The van der Waals surface area contributed by atoms with Gasteiger partial charge in [-0.1, -0.05) is 0 Å². The molecule has 0 atom stereocenters.